The fraction of sp³-hybridized carbons (Fsp3) is 0.321. The summed E-state index contributed by atoms with van der Waals surface area (Å²) in [6.45, 7) is 2.99. The number of unbranched alkanes of at least 4 members (excludes halogenated alkanes) is 3. The molecule has 32 heavy (non-hydrogen) atoms. The highest BCUT2D eigenvalue weighted by molar-refractivity contribution is 7.99. The number of nitrogens with zero attached hydrogens (tertiary/aromatic N) is 1. The summed E-state index contributed by atoms with van der Waals surface area (Å²) in [6.07, 6.45) is 6.13. The smallest absolute Gasteiger partial charge is 0.255 e. The number of carbonyl (C=O) groups excluding carboxylic acids is 1. The van der Waals surface area contributed by atoms with Crippen molar-refractivity contribution in [3.8, 4) is 11.5 Å². The molecule has 1 saturated heterocycles. The maximum absolute atomic E-state index is 13.3. The zero-order valence-corrected chi connectivity index (χ0v) is 19.5. The number of thioether (sulfide) groups is 1. The van der Waals surface area contributed by atoms with Gasteiger partial charge < -0.3 is 9.64 Å². The van der Waals surface area contributed by atoms with Gasteiger partial charge in [-0.25, -0.2) is 0 Å². The van der Waals surface area contributed by atoms with E-state index in [1.807, 2.05) is 71.3 Å². The van der Waals surface area contributed by atoms with Crippen LogP contribution in [0.25, 0.3) is 0 Å². The molecule has 3 aromatic carbocycles. The third kappa shape index (κ3) is 5.74. The average Bonchev–Trinajstić information content (AvgIpc) is 3.33. The van der Waals surface area contributed by atoms with Gasteiger partial charge in [0.2, 0.25) is 0 Å². The number of ether oxygens (including phenoxy) is 1. The molecular weight excluding hydrogens is 414 g/mol. The molecule has 1 atom stereocenters. The van der Waals surface area contributed by atoms with Crippen LogP contribution in [0.15, 0.2) is 78.9 Å². The number of carbonyl (C=O) groups is 1. The predicted molar refractivity (Wildman–Crippen MR) is 133 cm³/mol. The summed E-state index contributed by atoms with van der Waals surface area (Å²) in [5, 5.41) is 0.00976. The standard InChI is InChI=1S/C28H31NO2S/c1-2-3-4-6-10-22-15-17-23(18-16-22)27(30)29-19-20-32-28(29)24-11-9-14-26(21-24)31-25-12-7-5-8-13-25/h5,7-9,11-18,21,28H,2-4,6,10,19-20H2,1H3. The molecule has 1 unspecified atom stereocenters. The maximum atomic E-state index is 13.3. The number of rotatable bonds is 9. The van der Waals surface area contributed by atoms with Crippen LogP contribution in [-0.4, -0.2) is 23.1 Å². The van der Waals surface area contributed by atoms with Crippen LogP contribution >= 0.6 is 11.8 Å². The molecule has 0 N–H and O–H groups in total. The first-order valence-corrected chi connectivity index (χ1v) is 12.6. The minimum Gasteiger partial charge on any atom is -0.457 e. The fourth-order valence-corrected chi connectivity index (χ4v) is 5.29. The van der Waals surface area contributed by atoms with E-state index in [4.69, 9.17) is 4.74 Å². The Labute approximate surface area is 195 Å². The van der Waals surface area contributed by atoms with Gasteiger partial charge in [-0.1, -0.05) is 68.7 Å². The van der Waals surface area contributed by atoms with Crippen LogP contribution in [0, 0.1) is 0 Å². The van der Waals surface area contributed by atoms with Gasteiger partial charge in [0.25, 0.3) is 5.91 Å². The monoisotopic (exact) mass is 445 g/mol. The summed E-state index contributed by atoms with van der Waals surface area (Å²) in [5.41, 5.74) is 3.18. The van der Waals surface area contributed by atoms with Crippen LogP contribution in [0.5, 0.6) is 11.5 Å². The first-order valence-electron chi connectivity index (χ1n) is 11.6. The Morgan fingerprint density at radius 3 is 2.50 bits per heavy atom. The Balaban J connectivity index is 1.43. The summed E-state index contributed by atoms with van der Waals surface area (Å²) in [7, 11) is 0. The lowest BCUT2D eigenvalue weighted by Crippen LogP contribution is -2.30. The molecule has 1 fully saturated rings. The molecule has 1 heterocycles. The fourth-order valence-electron chi connectivity index (χ4n) is 4.05. The van der Waals surface area contributed by atoms with Gasteiger partial charge in [0.05, 0.1) is 0 Å². The van der Waals surface area contributed by atoms with Gasteiger partial charge in [0.1, 0.15) is 16.9 Å². The van der Waals surface area contributed by atoms with Gasteiger partial charge in [0.15, 0.2) is 0 Å². The zero-order chi connectivity index (χ0) is 22.2. The highest BCUT2D eigenvalue weighted by atomic mass is 32.2. The number of benzene rings is 3. The van der Waals surface area contributed by atoms with E-state index in [1.54, 1.807) is 0 Å². The average molecular weight is 446 g/mol. The van der Waals surface area contributed by atoms with Crippen molar-refractivity contribution < 1.29 is 9.53 Å². The lowest BCUT2D eigenvalue weighted by molar-refractivity contribution is 0.0760. The minimum atomic E-state index is 0.00976. The van der Waals surface area contributed by atoms with Crippen molar-refractivity contribution in [1.29, 1.82) is 0 Å². The Morgan fingerprint density at radius 2 is 1.72 bits per heavy atom. The number of hydrogen-bond donors (Lipinski definition) is 0. The van der Waals surface area contributed by atoms with Gasteiger partial charge in [0, 0.05) is 17.9 Å². The second-order valence-electron chi connectivity index (χ2n) is 8.22. The summed E-state index contributed by atoms with van der Waals surface area (Å²) >= 11 is 1.81. The summed E-state index contributed by atoms with van der Waals surface area (Å²) in [5.74, 6) is 2.65. The van der Waals surface area contributed by atoms with Crippen molar-refractivity contribution in [2.24, 2.45) is 0 Å². The normalized spacial score (nSPS) is 15.7. The molecule has 1 amide bonds. The van der Waals surface area contributed by atoms with Crippen LogP contribution < -0.4 is 4.74 Å². The van der Waals surface area contributed by atoms with E-state index in [0.717, 1.165) is 41.3 Å². The highest BCUT2D eigenvalue weighted by Crippen LogP contribution is 2.40. The summed E-state index contributed by atoms with van der Waals surface area (Å²) in [6, 6.07) is 26.1. The van der Waals surface area contributed by atoms with Crippen LogP contribution in [0.1, 0.15) is 59.5 Å². The highest BCUT2D eigenvalue weighted by Gasteiger charge is 2.31. The second-order valence-corrected chi connectivity index (χ2v) is 9.40. The number of amides is 1. The van der Waals surface area contributed by atoms with Crippen LogP contribution in [0.2, 0.25) is 0 Å². The van der Waals surface area contributed by atoms with Crippen LogP contribution in [0.3, 0.4) is 0 Å². The molecule has 0 radical (unpaired) electrons. The van der Waals surface area contributed by atoms with Crippen molar-refractivity contribution in [2.75, 3.05) is 12.3 Å². The number of hydrogen-bond acceptors (Lipinski definition) is 3. The summed E-state index contributed by atoms with van der Waals surface area (Å²) < 4.78 is 6.01. The molecule has 3 nitrogen and oxygen atoms in total. The van der Waals surface area contributed by atoms with Crippen molar-refractivity contribution >= 4 is 17.7 Å². The molecule has 166 valence electrons. The Bertz CT molecular complexity index is 1000. The molecule has 0 bridgehead atoms. The van der Waals surface area contributed by atoms with E-state index < -0.39 is 0 Å². The molecule has 1 aliphatic heterocycles. The lowest BCUT2D eigenvalue weighted by Gasteiger charge is -2.24. The van der Waals surface area contributed by atoms with Gasteiger partial charge in [-0.15, -0.1) is 11.8 Å². The first-order chi connectivity index (χ1) is 15.7. The molecular formula is C28H31NO2S. The first kappa shape index (κ1) is 22.5. The molecule has 4 heteroatoms. The minimum absolute atomic E-state index is 0.00976. The Morgan fingerprint density at radius 1 is 0.938 bits per heavy atom. The van der Waals surface area contributed by atoms with E-state index in [0.29, 0.717) is 0 Å². The molecule has 0 aromatic heterocycles. The molecule has 3 aromatic rings. The van der Waals surface area contributed by atoms with Crippen LogP contribution in [0.4, 0.5) is 0 Å². The van der Waals surface area contributed by atoms with E-state index in [-0.39, 0.29) is 11.3 Å². The Kier molecular flexibility index (Phi) is 7.89. The Hall–Kier alpha value is -2.72. The lowest BCUT2D eigenvalue weighted by atomic mass is 10.0. The second kappa shape index (κ2) is 11.2. The topological polar surface area (TPSA) is 29.5 Å². The third-order valence-electron chi connectivity index (χ3n) is 5.79. The number of para-hydroxylation sites is 1. The quantitative estimate of drug-likeness (QED) is 0.320. The largest absolute Gasteiger partial charge is 0.457 e. The van der Waals surface area contributed by atoms with Crippen molar-refractivity contribution in [1.82, 2.24) is 4.90 Å². The van der Waals surface area contributed by atoms with Crippen molar-refractivity contribution in [3.63, 3.8) is 0 Å². The SMILES string of the molecule is CCCCCCc1ccc(C(=O)N2CCSC2c2cccc(Oc3ccccc3)c2)cc1. The maximum Gasteiger partial charge on any atom is 0.255 e. The van der Waals surface area contributed by atoms with E-state index in [9.17, 15) is 4.79 Å². The van der Waals surface area contributed by atoms with Crippen LogP contribution in [-0.2, 0) is 6.42 Å². The molecule has 1 aliphatic rings. The molecule has 0 spiro atoms. The van der Waals surface area contributed by atoms with Gasteiger partial charge in [-0.05, 0) is 60.4 Å². The van der Waals surface area contributed by atoms with E-state index >= 15 is 0 Å². The van der Waals surface area contributed by atoms with Crippen molar-refractivity contribution in [2.45, 2.75) is 44.4 Å². The number of aryl methyl sites for hydroxylation is 1. The molecule has 0 aliphatic carbocycles. The van der Waals surface area contributed by atoms with Gasteiger partial charge in [-0.2, -0.15) is 0 Å². The molecule has 4 rings (SSSR count). The summed E-state index contributed by atoms with van der Waals surface area (Å²) in [4.78, 5) is 15.3. The van der Waals surface area contributed by atoms with E-state index in [2.05, 4.69) is 31.2 Å². The van der Waals surface area contributed by atoms with E-state index in [1.165, 1.54) is 31.2 Å². The predicted octanol–water partition coefficient (Wildman–Crippen LogP) is 7.49. The molecule has 0 saturated carbocycles. The zero-order valence-electron chi connectivity index (χ0n) is 18.7. The van der Waals surface area contributed by atoms with Crippen molar-refractivity contribution in [3.05, 3.63) is 95.6 Å². The van der Waals surface area contributed by atoms with Gasteiger partial charge in [-0.3, -0.25) is 4.79 Å². The van der Waals surface area contributed by atoms with Gasteiger partial charge >= 0.3 is 0 Å². The third-order valence-corrected chi connectivity index (χ3v) is 7.05.